The van der Waals surface area contributed by atoms with Gasteiger partial charge in [-0.3, -0.25) is 19.2 Å². The van der Waals surface area contributed by atoms with E-state index < -0.39 is 38.0 Å². The van der Waals surface area contributed by atoms with E-state index in [1.54, 1.807) is 12.1 Å². The van der Waals surface area contributed by atoms with Gasteiger partial charge in [0.15, 0.2) is 4.90 Å². The van der Waals surface area contributed by atoms with Gasteiger partial charge in [0.2, 0.25) is 0 Å². The molecule has 0 heterocycles. The number of hydrogen-bond donors (Lipinski definition) is 1. The SMILES string of the molecule is COc1ccc(N(CC(=O)N/N=C/c2ccc(Cl)cc2Cl)S(=O)(=O)c2ccccc2[N+](=O)[O-])c(OC)c1. The Hall–Kier alpha value is -3.87. The molecule has 3 aromatic rings. The molecule has 0 aromatic heterocycles. The molecule has 1 N–H and O–H groups in total. The van der Waals surface area contributed by atoms with Crippen LogP contribution in [0.25, 0.3) is 0 Å². The maximum Gasteiger partial charge on any atom is 0.289 e. The molecule has 0 saturated heterocycles. The zero-order chi connectivity index (χ0) is 27.2. The minimum Gasteiger partial charge on any atom is -0.497 e. The van der Waals surface area contributed by atoms with Crippen LogP contribution in [0, 0.1) is 10.1 Å². The van der Waals surface area contributed by atoms with Crippen molar-refractivity contribution in [2.45, 2.75) is 4.90 Å². The number of halogens is 2. The number of nitrogens with one attached hydrogen (secondary N) is 1. The van der Waals surface area contributed by atoms with Crippen molar-refractivity contribution < 1.29 is 27.6 Å². The lowest BCUT2D eigenvalue weighted by Crippen LogP contribution is -2.40. The normalized spacial score (nSPS) is 11.2. The molecule has 0 spiro atoms. The molecule has 0 atom stereocenters. The van der Waals surface area contributed by atoms with Gasteiger partial charge in [-0.15, -0.1) is 0 Å². The van der Waals surface area contributed by atoms with Gasteiger partial charge in [-0.25, -0.2) is 13.8 Å². The third kappa shape index (κ3) is 6.47. The zero-order valence-electron chi connectivity index (χ0n) is 19.4. The molecule has 194 valence electrons. The maximum absolute atomic E-state index is 13.7. The van der Waals surface area contributed by atoms with Gasteiger partial charge in [0.25, 0.3) is 21.6 Å². The minimum absolute atomic E-state index is 0.0470. The highest BCUT2D eigenvalue weighted by molar-refractivity contribution is 7.93. The number of nitrogens with zero attached hydrogens (tertiary/aromatic N) is 3. The second kappa shape index (κ2) is 11.9. The molecule has 1 amide bonds. The van der Waals surface area contributed by atoms with Crippen LogP contribution >= 0.6 is 23.2 Å². The first-order valence-corrected chi connectivity index (χ1v) is 12.5. The third-order valence-corrected chi connectivity index (χ3v) is 7.30. The summed E-state index contributed by atoms with van der Waals surface area (Å²) < 4.78 is 38.5. The number of nitro groups is 1. The average Bonchev–Trinajstić information content (AvgIpc) is 2.88. The van der Waals surface area contributed by atoms with Gasteiger partial charge < -0.3 is 9.47 Å². The number of methoxy groups -OCH3 is 2. The van der Waals surface area contributed by atoms with Gasteiger partial charge in [0.05, 0.1) is 36.1 Å². The Balaban J connectivity index is 2.01. The Morgan fingerprint density at radius 2 is 1.84 bits per heavy atom. The Morgan fingerprint density at radius 3 is 2.49 bits per heavy atom. The largest absolute Gasteiger partial charge is 0.497 e. The summed E-state index contributed by atoms with van der Waals surface area (Å²) in [6.07, 6.45) is 1.26. The molecular weight excluding hydrogens is 547 g/mol. The molecule has 0 saturated carbocycles. The van der Waals surface area contributed by atoms with Crippen LogP contribution in [0.4, 0.5) is 11.4 Å². The van der Waals surface area contributed by atoms with E-state index in [4.69, 9.17) is 32.7 Å². The molecule has 0 radical (unpaired) electrons. The van der Waals surface area contributed by atoms with E-state index in [1.165, 1.54) is 56.8 Å². The van der Waals surface area contributed by atoms with Crippen molar-refractivity contribution in [1.29, 1.82) is 0 Å². The number of sulfonamides is 1. The molecule has 0 aliphatic heterocycles. The van der Waals surface area contributed by atoms with Gasteiger partial charge in [-0.05, 0) is 30.3 Å². The summed E-state index contributed by atoms with van der Waals surface area (Å²) in [7, 11) is -1.93. The van der Waals surface area contributed by atoms with Crippen LogP contribution in [0.1, 0.15) is 5.56 Å². The number of carbonyl (C=O) groups excluding carboxylic acids is 1. The number of hydrazone groups is 1. The van der Waals surface area contributed by atoms with Crippen molar-refractivity contribution in [2.24, 2.45) is 5.10 Å². The lowest BCUT2D eigenvalue weighted by molar-refractivity contribution is -0.387. The summed E-state index contributed by atoms with van der Waals surface area (Å²) in [5.74, 6) is -0.440. The van der Waals surface area contributed by atoms with E-state index in [2.05, 4.69) is 10.5 Å². The van der Waals surface area contributed by atoms with E-state index in [1.807, 2.05) is 0 Å². The minimum atomic E-state index is -4.64. The molecule has 0 aliphatic carbocycles. The Bertz CT molecular complexity index is 1470. The topological polar surface area (TPSA) is 140 Å². The maximum atomic E-state index is 13.7. The van der Waals surface area contributed by atoms with Crippen molar-refractivity contribution in [2.75, 3.05) is 25.1 Å². The highest BCUT2D eigenvalue weighted by Crippen LogP contribution is 2.37. The van der Waals surface area contributed by atoms with Crippen LogP contribution in [0.5, 0.6) is 11.5 Å². The average molecular weight is 567 g/mol. The first-order valence-electron chi connectivity index (χ1n) is 10.3. The molecule has 11 nitrogen and oxygen atoms in total. The van der Waals surface area contributed by atoms with E-state index in [9.17, 15) is 23.3 Å². The second-order valence-corrected chi connectivity index (χ2v) is 9.91. The number of ether oxygens (including phenoxy) is 2. The number of amides is 1. The van der Waals surface area contributed by atoms with E-state index >= 15 is 0 Å². The fraction of sp³-hybridized carbons (Fsp3) is 0.130. The highest BCUT2D eigenvalue weighted by Gasteiger charge is 2.34. The first-order chi connectivity index (χ1) is 17.6. The fourth-order valence-corrected chi connectivity index (χ4v) is 5.23. The van der Waals surface area contributed by atoms with Gasteiger partial charge >= 0.3 is 0 Å². The molecule has 14 heteroatoms. The van der Waals surface area contributed by atoms with Crippen molar-refractivity contribution in [3.05, 3.63) is 86.4 Å². The summed E-state index contributed by atoms with van der Waals surface area (Å²) in [6, 6.07) is 13.7. The molecule has 3 rings (SSSR count). The van der Waals surface area contributed by atoms with Crippen LogP contribution in [0.15, 0.2) is 70.7 Å². The van der Waals surface area contributed by atoms with Crippen molar-refractivity contribution in [1.82, 2.24) is 5.43 Å². The van der Waals surface area contributed by atoms with Gasteiger partial charge in [-0.2, -0.15) is 5.10 Å². The third-order valence-electron chi connectivity index (χ3n) is 4.93. The van der Waals surface area contributed by atoms with Gasteiger partial charge in [0, 0.05) is 22.7 Å². The number of nitro benzene ring substituents is 1. The van der Waals surface area contributed by atoms with Crippen LogP contribution in [0.3, 0.4) is 0 Å². The molecule has 3 aromatic carbocycles. The summed E-state index contributed by atoms with van der Waals surface area (Å²) in [4.78, 5) is 22.9. The quantitative estimate of drug-likeness (QED) is 0.219. The predicted octanol–water partition coefficient (Wildman–Crippen LogP) is 4.26. The van der Waals surface area contributed by atoms with E-state index in [0.717, 1.165) is 12.1 Å². The number of para-hydroxylation sites is 1. The van der Waals surface area contributed by atoms with Crippen molar-refractivity contribution >= 4 is 56.7 Å². The number of anilines is 1. The van der Waals surface area contributed by atoms with E-state index in [-0.39, 0.29) is 16.5 Å². The number of benzene rings is 3. The summed E-state index contributed by atoms with van der Waals surface area (Å²) >= 11 is 11.9. The molecular formula is C23H20Cl2N4O7S. The number of carbonyl (C=O) groups is 1. The highest BCUT2D eigenvalue weighted by atomic mass is 35.5. The molecule has 0 unspecified atom stereocenters. The predicted molar refractivity (Wildman–Crippen MR) is 139 cm³/mol. The summed E-state index contributed by atoms with van der Waals surface area (Å²) in [5.41, 5.74) is 1.97. The lowest BCUT2D eigenvalue weighted by Gasteiger charge is -2.25. The second-order valence-electron chi connectivity index (χ2n) is 7.23. The molecule has 0 bridgehead atoms. The van der Waals surface area contributed by atoms with E-state index in [0.29, 0.717) is 20.6 Å². The van der Waals surface area contributed by atoms with Crippen LogP contribution < -0.4 is 19.2 Å². The van der Waals surface area contributed by atoms with Crippen LogP contribution in [-0.4, -0.2) is 46.2 Å². The zero-order valence-corrected chi connectivity index (χ0v) is 21.7. The smallest absolute Gasteiger partial charge is 0.289 e. The monoisotopic (exact) mass is 566 g/mol. The summed E-state index contributed by atoms with van der Waals surface area (Å²) in [5, 5.41) is 16.1. The molecule has 37 heavy (non-hydrogen) atoms. The van der Waals surface area contributed by atoms with Gasteiger partial charge in [0.1, 0.15) is 18.0 Å². The summed E-state index contributed by atoms with van der Waals surface area (Å²) in [6.45, 7) is -0.789. The lowest BCUT2D eigenvalue weighted by atomic mass is 10.2. The number of rotatable bonds is 10. The molecule has 0 aliphatic rings. The Morgan fingerprint density at radius 1 is 1.11 bits per heavy atom. The van der Waals surface area contributed by atoms with Crippen molar-refractivity contribution in [3.63, 3.8) is 0 Å². The first kappa shape index (κ1) is 27.7. The number of hydrogen-bond acceptors (Lipinski definition) is 8. The Labute approximate surface area is 222 Å². The fourth-order valence-electron chi connectivity index (χ4n) is 3.18. The Kier molecular flexibility index (Phi) is 8.92. The molecule has 0 fully saturated rings. The van der Waals surface area contributed by atoms with Gasteiger partial charge in [-0.1, -0.05) is 41.4 Å². The van der Waals surface area contributed by atoms with Crippen LogP contribution in [0.2, 0.25) is 10.0 Å². The van der Waals surface area contributed by atoms with Crippen molar-refractivity contribution in [3.8, 4) is 11.5 Å². The standard InChI is InChI=1S/C23H20Cl2N4O7S/c1-35-17-9-10-19(21(12-17)36-2)28(37(33,34)22-6-4-3-5-20(22)29(31)32)14-23(30)27-26-13-15-7-8-16(24)11-18(15)25/h3-13H,14H2,1-2H3,(H,27,30)/b26-13+. The van der Waals surface area contributed by atoms with Crippen LogP contribution in [-0.2, 0) is 14.8 Å².